The van der Waals surface area contributed by atoms with E-state index in [1.807, 2.05) is 0 Å². The number of hydrogen-bond acceptors (Lipinski definition) is 6. The fraction of sp³-hybridized carbons (Fsp3) is 0.846. The van der Waals surface area contributed by atoms with Crippen LogP contribution in [0.3, 0.4) is 0 Å². The summed E-state index contributed by atoms with van der Waals surface area (Å²) in [6.45, 7) is 3.61. The van der Waals surface area contributed by atoms with E-state index in [0.29, 0.717) is 19.4 Å². The molecular weight excluding hydrogens is 349 g/mol. The van der Waals surface area contributed by atoms with E-state index < -0.39 is 27.3 Å². The van der Waals surface area contributed by atoms with Gasteiger partial charge in [-0.15, -0.1) is 0 Å². The number of rotatable bonds is 6. The van der Waals surface area contributed by atoms with Crippen molar-refractivity contribution in [3.63, 3.8) is 0 Å². The highest BCUT2D eigenvalue weighted by Crippen LogP contribution is 2.29. The van der Waals surface area contributed by atoms with Crippen LogP contribution in [0.2, 0.25) is 0 Å². The summed E-state index contributed by atoms with van der Waals surface area (Å²) in [5.41, 5.74) is 0. The lowest BCUT2D eigenvalue weighted by Crippen LogP contribution is -2.37. The van der Waals surface area contributed by atoms with E-state index in [4.69, 9.17) is 0 Å². The van der Waals surface area contributed by atoms with Gasteiger partial charge in [0.05, 0.1) is 5.25 Å². The SMILES string of the molecule is CC(C)S(=O)(=O)NCC1CCC(Nc2nc(C(F)(F)F)no2)CC1. The Morgan fingerprint density at radius 1 is 1.25 bits per heavy atom. The zero-order valence-electron chi connectivity index (χ0n) is 13.4. The molecule has 0 aromatic carbocycles. The number of nitrogens with zero attached hydrogens (tertiary/aromatic N) is 2. The summed E-state index contributed by atoms with van der Waals surface area (Å²) < 4.78 is 67.8. The Bertz CT molecular complexity index is 637. The van der Waals surface area contributed by atoms with Crippen LogP contribution in [0.4, 0.5) is 19.2 Å². The highest BCUT2D eigenvalue weighted by atomic mass is 32.2. The summed E-state index contributed by atoms with van der Waals surface area (Å²) in [6, 6.07) is -0.309. The fourth-order valence-corrected chi connectivity index (χ4v) is 3.28. The highest BCUT2D eigenvalue weighted by Gasteiger charge is 2.37. The summed E-state index contributed by atoms with van der Waals surface area (Å²) in [5.74, 6) is -1.09. The maximum absolute atomic E-state index is 12.4. The van der Waals surface area contributed by atoms with Gasteiger partial charge in [-0.2, -0.15) is 18.2 Å². The van der Waals surface area contributed by atoms with Gasteiger partial charge in [0, 0.05) is 12.6 Å². The number of anilines is 1. The molecule has 0 saturated heterocycles. The van der Waals surface area contributed by atoms with Crippen molar-refractivity contribution in [2.24, 2.45) is 5.92 Å². The fourth-order valence-electron chi connectivity index (χ4n) is 2.48. The summed E-state index contributed by atoms with van der Waals surface area (Å²) in [7, 11) is -3.28. The third kappa shape index (κ3) is 5.07. The number of alkyl halides is 3. The van der Waals surface area contributed by atoms with Crippen molar-refractivity contribution in [1.29, 1.82) is 0 Å². The molecule has 0 amide bonds. The van der Waals surface area contributed by atoms with E-state index in [0.717, 1.165) is 12.8 Å². The molecule has 0 aliphatic heterocycles. The van der Waals surface area contributed by atoms with Crippen molar-refractivity contribution in [2.75, 3.05) is 11.9 Å². The molecule has 2 rings (SSSR count). The summed E-state index contributed by atoms with van der Waals surface area (Å²) >= 11 is 0. The predicted molar refractivity (Wildman–Crippen MR) is 80.7 cm³/mol. The van der Waals surface area contributed by atoms with Crippen LogP contribution in [0, 0.1) is 5.92 Å². The minimum atomic E-state index is -4.63. The van der Waals surface area contributed by atoms with Crippen molar-refractivity contribution in [1.82, 2.24) is 14.9 Å². The highest BCUT2D eigenvalue weighted by molar-refractivity contribution is 7.90. The van der Waals surface area contributed by atoms with Gasteiger partial charge in [0.2, 0.25) is 10.0 Å². The zero-order valence-corrected chi connectivity index (χ0v) is 14.2. The van der Waals surface area contributed by atoms with Crippen molar-refractivity contribution < 1.29 is 26.1 Å². The minimum Gasteiger partial charge on any atom is -0.335 e. The molecule has 1 aromatic rings. The Morgan fingerprint density at radius 3 is 2.38 bits per heavy atom. The van der Waals surface area contributed by atoms with Gasteiger partial charge >= 0.3 is 12.2 Å². The van der Waals surface area contributed by atoms with Gasteiger partial charge in [0.15, 0.2) is 0 Å². The first-order chi connectivity index (χ1) is 11.1. The standard InChI is InChI=1S/C13H21F3N4O3S/c1-8(2)24(21,22)17-7-9-3-5-10(6-4-9)18-12-19-11(20-23-12)13(14,15)16/h8-10,17H,3-7H2,1-2H3,(H,18,19,20). The molecule has 1 saturated carbocycles. The van der Waals surface area contributed by atoms with Crippen molar-refractivity contribution in [3.05, 3.63) is 5.82 Å². The molecule has 0 radical (unpaired) electrons. The van der Waals surface area contributed by atoms with Crippen LogP contribution in [-0.2, 0) is 16.2 Å². The molecule has 1 aliphatic rings. The third-order valence-corrected chi connectivity index (χ3v) is 5.86. The number of sulfonamides is 1. The lowest BCUT2D eigenvalue weighted by Gasteiger charge is -2.28. The van der Waals surface area contributed by atoms with Crippen molar-refractivity contribution in [2.45, 2.75) is 57.0 Å². The topological polar surface area (TPSA) is 97.1 Å². The molecule has 11 heteroatoms. The number of nitrogens with one attached hydrogen (secondary N) is 2. The van der Waals surface area contributed by atoms with Crippen LogP contribution in [0.25, 0.3) is 0 Å². The molecule has 138 valence electrons. The molecule has 7 nitrogen and oxygen atoms in total. The lowest BCUT2D eigenvalue weighted by molar-refractivity contribution is -0.146. The molecule has 1 aromatic heterocycles. The Morgan fingerprint density at radius 2 is 1.88 bits per heavy atom. The number of hydrogen-bond donors (Lipinski definition) is 2. The monoisotopic (exact) mass is 370 g/mol. The van der Waals surface area contributed by atoms with E-state index in [-0.39, 0.29) is 18.0 Å². The van der Waals surface area contributed by atoms with Gasteiger partial charge < -0.3 is 9.84 Å². The third-order valence-electron chi connectivity index (χ3n) is 4.05. The summed E-state index contributed by atoms with van der Waals surface area (Å²) in [4.78, 5) is 3.28. The van der Waals surface area contributed by atoms with E-state index in [9.17, 15) is 21.6 Å². The van der Waals surface area contributed by atoms with Gasteiger partial charge in [-0.25, -0.2) is 13.1 Å². The predicted octanol–water partition coefficient (Wildman–Crippen LogP) is 2.39. The second-order valence-corrected chi connectivity index (χ2v) is 8.55. The zero-order chi connectivity index (χ0) is 18.0. The maximum atomic E-state index is 12.4. The molecule has 0 atom stereocenters. The van der Waals surface area contributed by atoms with E-state index in [2.05, 4.69) is 24.7 Å². The Kier molecular flexibility index (Phi) is 5.74. The Balaban J connectivity index is 1.78. The average molecular weight is 370 g/mol. The Labute approximate surface area is 138 Å². The largest absolute Gasteiger partial charge is 0.455 e. The van der Waals surface area contributed by atoms with E-state index >= 15 is 0 Å². The van der Waals surface area contributed by atoms with Crippen LogP contribution in [0.1, 0.15) is 45.4 Å². The van der Waals surface area contributed by atoms with Crippen LogP contribution in [-0.4, -0.2) is 36.4 Å². The van der Waals surface area contributed by atoms with Crippen molar-refractivity contribution >= 4 is 16.0 Å². The molecule has 0 spiro atoms. The minimum absolute atomic E-state index is 0.0653. The summed E-state index contributed by atoms with van der Waals surface area (Å²) in [5, 5.41) is 5.22. The second kappa shape index (κ2) is 7.26. The van der Waals surface area contributed by atoms with E-state index in [1.165, 1.54) is 0 Å². The summed E-state index contributed by atoms with van der Waals surface area (Å²) in [6.07, 6.45) is -1.72. The normalized spacial score (nSPS) is 22.8. The molecule has 1 heterocycles. The first-order valence-corrected chi connectivity index (χ1v) is 9.28. The van der Waals surface area contributed by atoms with Gasteiger partial charge in [0.25, 0.3) is 5.82 Å². The molecule has 1 aliphatic carbocycles. The van der Waals surface area contributed by atoms with Crippen LogP contribution in [0.15, 0.2) is 4.52 Å². The van der Waals surface area contributed by atoms with Gasteiger partial charge in [-0.3, -0.25) is 0 Å². The molecule has 2 N–H and O–H groups in total. The number of aromatic nitrogens is 2. The molecule has 0 unspecified atom stereocenters. The molecular formula is C13H21F3N4O3S. The van der Waals surface area contributed by atoms with Crippen LogP contribution >= 0.6 is 0 Å². The van der Waals surface area contributed by atoms with E-state index in [1.54, 1.807) is 13.8 Å². The smallest absolute Gasteiger partial charge is 0.335 e. The first kappa shape index (κ1) is 19.0. The lowest BCUT2D eigenvalue weighted by atomic mass is 9.86. The second-order valence-electron chi connectivity index (χ2n) is 6.23. The molecule has 1 fully saturated rings. The Hall–Kier alpha value is -1.36. The van der Waals surface area contributed by atoms with Gasteiger partial charge in [-0.1, -0.05) is 0 Å². The molecule has 0 bridgehead atoms. The first-order valence-electron chi connectivity index (χ1n) is 7.74. The molecule has 24 heavy (non-hydrogen) atoms. The quantitative estimate of drug-likeness (QED) is 0.798. The average Bonchev–Trinajstić information content (AvgIpc) is 2.95. The maximum Gasteiger partial charge on any atom is 0.455 e. The van der Waals surface area contributed by atoms with Crippen LogP contribution in [0.5, 0.6) is 0 Å². The number of halogens is 3. The van der Waals surface area contributed by atoms with Gasteiger partial charge in [-0.05, 0) is 50.6 Å². The van der Waals surface area contributed by atoms with Gasteiger partial charge in [0.1, 0.15) is 0 Å². The van der Waals surface area contributed by atoms with Crippen LogP contribution < -0.4 is 10.0 Å². The van der Waals surface area contributed by atoms with Crippen molar-refractivity contribution in [3.8, 4) is 0 Å².